The van der Waals surface area contributed by atoms with Gasteiger partial charge in [0.15, 0.2) is 5.82 Å². The Labute approximate surface area is 133 Å². The molecule has 0 aliphatic carbocycles. The average Bonchev–Trinajstić information content (AvgIpc) is 2.89. The van der Waals surface area contributed by atoms with Gasteiger partial charge in [0, 0.05) is 18.8 Å². The molecule has 0 radical (unpaired) electrons. The fourth-order valence-corrected chi connectivity index (χ4v) is 2.69. The maximum absolute atomic E-state index is 12.8. The predicted octanol–water partition coefficient (Wildman–Crippen LogP) is 2.19. The van der Waals surface area contributed by atoms with E-state index in [0.717, 1.165) is 4.57 Å². The van der Waals surface area contributed by atoms with Crippen LogP contribution in [0.25, 0.3) is 0 Å². The van der Waals surface area contributed by atoms with Crippen molar-refractivity contribution < 1.29 is 18.0 Å². The predicted molar refractivity (Wildman–Crippen MR) is 75.6 cm³/mol. The number of nitrogen functional groups attached to an aromatic ring is 1. The van der Waals surface area contributed by atoms with E-state index >= 15 is 0 Å². The second-order valence-electron chi connectivity index (χ2n) is 5.06. The maximum atomic E-state index is 12.8. The molecule has 2 heterocycles. The summed E-state index contributed by atoms with van der Waals surface area (Å²) >= 11 is 6.00. The van der Waals surface area contributed by atoms with Crippen LogP contribution < -0.4 is 5.73 Å². The first-order valence-electron chi connectivity index (χ1n) is 6.61. The fraction of sp³-hybridized carbons (Fsp3) is 0.308. The summed E-state index contributed by atoms with van der Waals surface area (Å²) in [4.78, 5) is 13.8. The van der Waals surface area contributed by atoms with Crippen molar-refractivity contribution >= 4 is 23.2 Å². The van der Waals surface area contributed by atoms with Crippen molar-refractivity contribution in [3.8, 4) is 0 Å². The topological polar surface area (TPSA) is 77.0 Å². The normalized spacial score (nSPS) is 14.7. The van der Waals surface area contributed by atoms with E-state index in [1.807, 2.05) is 0 Å². The minimum Gasteiger partial charge on any atom is -0.399 e. The number of aromatic nitrogens is 3. The lowest BCUT2D eigenvalue weighted by molar-refractivity contribution is -0.147. The number of carbonyl (C=O) groups is 1. The molecule has 0 atom stereocenters. The van der Waals surface area contributed by atoms with Crippen LogP contribution in [0.4, 0.5) is 18.9 Å². The van der Waals surface area contributed by atoms with Gasteiger partial charge in [0.2, 0.25) is 5.82 Å². The minimum atomic E-state index is -4.57. The molecule has 0 spiro atoms. The Hall–Kier alpha value is -2.29. The van der Waals surface area contributed by atoms with E-state index in [9.17, 15) is 18.0 Å². The van der Waals surface area contributed by atoms with Gasteiger partial charge >= 0.3 is 6.18 Å². The van der Waals surface area contributed by atoms with Crippen molar-refractivity contribution in [1.29, 1.82) is 0 Å². The third kappa shape index (κ3) is 2.83. The molecule has 1 amide bonds. The van der Waals surface area contributed by atoms with E-state index in [1.165, 1.54) is 23.1 Å². The van der Waals surface area contributed by atoms with Gasteiger partial charge in [-0.2, -0.15) is 13.2 Å². The Morgan fingerprint density at radius 2 is 2.00 bits per heavy atom. The number of halogens is 4. The Morgan fingerprint density at radius 1 is 1.26 bits per heavy atom. The summed E-state index contributed by atoms with van der Waals surface area (Å²) in [5, 5.41) is 6.90. The molecule has 1 aliphatic rings. The lowest BCUT2D eigenvalue weighted by Gasteiger charge is -2.28. The summed E-state index contributed by atoms with van der Waals surface area (Å²) in [5.41, 5.74) is 6.23. The first kappa shape index (κ1) is 15.6. The van der Waals surface area contributed by atoms with Crippen LogP contribution in [0.1, 0.15) is 22.0 Å². The van der Waals surface area contributed by atoms with Crippen LogP contribution in [-0.2, 0) is 19.3 Å². The Morgan fingerprint density at radius 3 is 2.65 bits per heavy atom. The molecule has 6 nitrogen and oxygen atoms in total. The van der Waals surface area contributed by atoms with Gasteiger partial charge < -0.3 is 15.2 Å². The number of amides is 1. The molecule has 0 saturated heterocycles. The van der Waals surface area contributed by atoms with Gasteiger partial charge in [0.05, 0.1) is 17.1 Å². The molecule has 1 aliphatic heterocycles. The van der Waals surface area contributed by atoms with Crippen molar-refractivity contribution in [2.45, 2.75) is 19.3 Å². The molecule has 3 rings (SSSR count). The largest absolute Gasteiger partial charge is 0.451 e. The summed E-state index contributed by atoms with van der Waals surface area (Å²) in [5.74, 6) is -1.36. The van der Waals surface area contributed by atoms with Crippen molar-refractivity contribution in [2.24, 2.45) is 0 Å². The molecule has 10 heteroatoms. The molecule has 1 aromatic heterocycles. The van der Waals surface area contributed by atoms with E-state index < -0.39 is 17.9 Å². The van der Waals surface area contributed by atoms with Crippen LogP contribution in [0.2, 0.25) is 5.02 Å². The lowest BCUT2D eigenvalue weighted by atomic mass is 10.1. The van der Waals surface area contributed by atoms with Crippen LogP contribution in [0.15, 0.2) is 18.2 Å². The molecular weight excluding hydrogens is 335 g/mol. The highest BCUT2D eigenvalue weighted by atomic mass is 35.5. The van der Waals surface area contributed by atoms with Crippen molar-refractivity contribution in [1.82, 2.24) is 19.7 Å². The molecule has 0 unspecified atom stereocenters. The zero-order chi connectivity index (χ0) is 16.8. The van der Waals surface area contributed by atoms with E-state index in [-0.39, 0.29) is 36.0 Å². The van der Waals surface area contributed by atoms with Gasteiger partial charge in [0.1, 0.15) is 0 Å². The van der Waals surface area contributed by atoms with Crippen LogP contribution >= 0.6 is 11.6 Å². The number of nitrogens with zero attached hydrogens (tertiary/aromatic N) is 4. The van der Waals surface area contributed by atoms with Gasteiger partial charge in [-0.1, -0.05) is 11.6 Å². The summed E-state index contributed by atoms with van der Waals surface area (Å²) in [6.45, 7) is 0.00574. The minimum absolute atomic E-state index is 0.0322. The number of hydrogen-bond acceptors (Lipinski definition) is 4. The zero-order valence-electron chi connectivity index (χ0n) is 11.6. The Kier molecular flexibility index (Phi) is 3.67. The number of alkyl halides is 3. The van der Waals surface area contributed by atoms with Gasteiger partial charge in [-0.15, -0.1) is 10.2 Å². The number of carbonyl (C=O) groups excluding carboxylic acids is 1. The number of nitrogens with two attached hydrogens (primary N) is 1. The third-order valence-electron chi connectivity index (χ3n) is 3.52. The number of fused-ring (bicyclic) bond motifs is 1. The molecule has 23 heavy (non-hydrogen) atoms. The van der Waals surface area contributed by atoms with Crippen LogP contribution in [0.5, 0.6) is 0 Å². The number of rotatable bonds is 1. The summed E-state index contributed by atoms with van der Waals surface area (Å²) in [7, 11) is 0. The first-order valence-corrected chi connectivity index (χ1v) is 6.98. The summed E-state index contributed by atoms with van der Waals surface area (Å²) < 4.78 is 39.3. The molecule has 0 bridgehead atoms. The van der Waals surface area contributed by atoms with Gasteiger partial charge in [-0.25, -0.2) is 0 Å². The highest BCUT2D eigenvalue weighted by Crippen LogP contribution is 2.30. The highest BCUT2D eigenvalue weighted by molar-refractivity contribution is 6.34. The first-order chi connectivity index (χ1) is 10.8. The molecule has 0 saturated carbocycles. The van der Waals surface area contributed by atoms with Gasteiger partial charge in [-0.05, 0) is 18.2 Å². The van der Waals surface area contributed by atoms with Crippen molar-refractivity contribution in [3.05, 3.63) is 40.4 Å². The summed E-state index contributed by atoms with van der Waals surface area (Å²) in [6, 6.07) is 4.47. The standard InChI is InChI=1S/C13H11ClF3N5O/c14-9-5-7(18)1-2-8(9)11(23)21-3-4-22-10(6-21)19-20-12(22)13(15,16)17/h1-2,5H,3-4,6,18H2. The maximum Gasteiger partial charge on any atom is 0.451 e. The Balaban J connectivity index is 1.85. The number of benzene rings is 1. The summed E-state index contributed by atoms with van der Waals surface area (Å²) in [6.07, 6.45) is -4.57. The van der Waals surface area contributed by atoms with Crippen LogP contribution in [-0.4, -0.2) is 32.1 Å². The van der Waals surface area contributed by atoms with E-state index in [1.54, 1.807) is 0 Å². The smallest absolute Gasteiger partial charge is 0.399 e. The molecule has 122 valence electrons. The third-order valence-corrected chi connectivity index (χ3v) is 3.83. The SMILES string of the molecule is Nc1ccc(C(=O)N2CCn3c(nnc3C(F)(F)F)C2)c(Cl)c1. The molecule has 0 fully saturated rings. The van der Waals surface area contributed by atoms with Gasteiger partial charge in [0.25, 0.3) is 5.91 Å². The quantitative estimate of drug-likeness (QED) is 0.804. The average molecular weight is 346 g/mol. The van der Waals surface area contributed by atoms with Crippen molar-refractivity contribution in [3.63, 3.8) is 0 Å². The van der Waals surface area contributed by atoms with Crippen molar-refractivity contribution in [2.75, 3.05) is 12.3 Å². The zero-order valence-corrected chi connectivity index (χ0v) is 12.4. The molecule has 1 aromatic carbocycles. The second kappa shape index (κ2) is 5.41. The second-order valence-corrected chi connectivity index (χ2v) is 5.46. The van der Waals surface area contributed by atoms with E-state index in [0.29, 0.717) is 5.69 Å². The molecule has 2 aromatic rings. The lowest BCUT2D eigenvalue weighted by Crippen LogP contribution is -2.39. The monoisotopic (exact) mass is 345 g/mol. The van der Waals surface area contributed by atoms with Gasteiger partial charge in [-0.3, -0.25) is 4.79 Å². The Bertz CT molecular complexity index is 773. The molecule has 2 N–H and O–H groups in total. The molecular formula is C13H11ClF3N5O. The fourth-order valence-electron chi connectivity index (χ4n) is 2.42. The van der Waals surface area contributed by atoms with E-state index in [2.05, 4.69) is 10.2 Å². The van der Waals surface area contributed by atoms with E-state index in [4.69, 9.17) is 17.3 Å². The van der Waals surface area contributed by atoms with Crippen LogP contribution in [0, 0.1) is 0 Å². The highest BCUT2D eigenvalue weighted by Gasteiger charge is 2.40. The van der Waals surface area contributed by atoms with Crippen LogP contribution in [0.3, 0.4) is 0 Å². The number of anilines is 1. The number of hydrogen-bond donors (Lipinski definition) is 1.